The largest absolute Gasteiger partial charge is 0.379 e. The fourth-order valence-corrected chi connectivity index (χ4v) is 3.10. The molecule has 0 aliphatic rings. The number of hydrazone groups is 1. The third-order valence-corrected chi connectivity index (χ3v) is 4.99. The average Bonchev–Trinajstić information content (AvgIpc) is 2.76. The van der Waals surface area contributed by atoms with Crippen molar-refractivity contribution in [1.29, 1.82) is 0 Å². The van der Waals surface area contributed by atoms with E-state index in [4.69, 9.17) is 16.6 Å². The van der Waals surface area contributed by atoms with Crippen LogP contribution in [0.2, 0.25) is 5.02 Å². The van der Waals surface area contributed by atoms with Crippen LogP contribution < -0.4 is 10.7 Å². The SMILES string of the molecule is Cc1ccnc(N/N=C/c2ccc3cccc(NCc4ccccc4)c3n2)c1Cl. The van der Waals surface area contributed by atoms with Gasteiger partial charge in [-0.3, -0.25) is 5.43 Å². The first-order chi connectivity index (χ1) is 14.2. The highest BCUT2D eigenvalue weighted by Crippen LogP contribution is 2.23. The Morgan fingerprint density at radius 2 is 1.86 bits per heavy atom. The van der Waals surface area contributed by atoms with E-state index in [0.717, 1.165) is 34.4 Å². The van der Waals surface area contributed by atoms with Gasteiger partial charge >= 0.3 is 0 Å². The Bertz CT molecular complexity index is 1160. The lowest BCUT2D eigenvalue weighted by molar-refractivity contribution is 1.15. The number of halogens is 1. The summed E-state index contributed by atoms with van der Waals surface area (Å²) in [5, 5.41) is 9.34. The van der Waals surface area contributed by atoms with Gasteiger partial charge in [0.15, 0.2) is 5.82 Å². The smallest absolute Gasteiger partial charge is 0.165 e. The number of nitrogens with zero attached hydrogens (tertiary/aromatic N) is 3. The van der Waals surface area contributed by atoms with Crippen molar-refractivity contribution in [3.05, 3.63) is 94.8 Å². The molecule has 2 heterocycles. The van der Waals surface area contributed by atoms with Crippen LogP contribution in [0, 0.1) is 6.92 Å². The molecule has 0 atom stereocenters. The molecule has 0 spiro atoms. The molecule has 0 radical (unpaired) electrons. The first kappa shape index (κ1) is 18.9. The van der Waals surface area contributed by atoms with Crippen molar-refractivity contribution in [2.24, 2.45) is 5.10 Å². The van der Waals surface area contributed by atoms with Gasteiger partial charge in [-0.1, -0.05) is 60.1 Å². The number of hydrogen-bond acceptors (Lipinski definition) is 5. The predicted octanol–water partition coefficient (Wildman–Crippen LogP) is 5.65. The lowest BCUT2D eigenvalue weighted by Crippen LogP contribution is -2.01. The third kappa shape index (κ3) is 4.52. The summed E-state index contributed by atoms with van der Waals surface area (Å²) in [6.07, 6.45) is 3.35. The van der Waals surface area contributed by atoms with Crippen LogP contribution in [0.4, 0.5) is 11.5 Å². The van der Waals surface area contributed by atoms with E-state index >= 15 is 0 Å². The van der Waals surface area contributed by atoms with Crippen molar-refractivity contribution >= 4 is 40.2 Å². The number of aromatic nitrogens is 2. The van der Waals surface area contributed by atoms with Gasteiger partial charge in [0.1, 0.15) is 0 Å². The fraction of sp³-hybridized carbons (Fsp3) is 0.0870. The maximum Gasteiger partial charge on any atom is 0.165 e. The van der Waals surface area contributed by atoms with E-state index in [1.165, 1.54) is 5.56 Å². The maximum absolute atomic E-state index is 6.24. The summed E-state index contributed by atoms with van der Waals surface area (Å²) in [5.41, 5.74) is 7.67. The van der Waals surface area contributed by atoms with E-state index in [0.29, 0.717) is 10.8 Å². The van der Waals surface area contributed by atoms with Gasteiger partial charge in [-0.25, -0.2) is 9.97 Å². The molecular weight excluding hydrogens is 382 g/mol. The second-order valence-electron chi connectivity index (χ2n) is 6.61. The summed E-state index contributed by atoms with van der Waals surface area (Å²) in [5.74, 6) is 0.522. The number of para-hydroxylation sites is 1. The second-order valence-corrected chi connectivity index (χ2v) is 6.99. The molecule has 4 rings (SSSR count). The summed E-state index contributed by atoms with van der Waals surface area (Å²) in [4.78, 5) is 8.95. The lowest BCUT2D eigenvalue weighted by Gasteiger charge is -2.10. The van der Waals surface area contributed by atoms with Crippen LogP contribution in [0.15, 0.2) is 78.0 Å². The molecule has 5 nitrogen and oxygen atoms in total. The Labute approximate surface area is 174 Å². The van der Waals surface area contributed by atoms with Crippen molar-refractivity contribution in [3.63, 3.8) is 0 Å². The molecule has 144 valence electrons. The minimum atomic E-state index is 0.522. The molecule has 0 saturated carbocycles. The van der Waals surface area contributed by atoms with Crippen LogP contribution in [0.5, 0.6) is 0 Å². The van der Waals surface area contributed by atoms with E-state index in [1.807, 2.05) is 61.5 Å². The molecule has 6 heteroatoms. The third-order valence-electron chi connectivity index (χ3n) is 4.52. The van der Waals surface area contributed by atoms with E-state index in [-0.39, 0.29) is 0 Å². The Balaban J connectivity index is 1.54. The molecule has 4 aromatic rings. The molecule has 2 aromatic heterocycles. The minimum Gasteiger partial charge on any atom is -0.379 e. The number of aryl methyl sites for hydroxylation is 1. The van der Waals surface area contributed by atoms with Crippen LogP contribution in [-0.4, -0.2) is 16.2 Å². The van der Waals surface area contributed by atoms with E-state index < -0.39 is 0 Å². The Morgan fingerprint density at radius 1 is 1.00 bits per heavy atom. The maximum atomic E-state index is 6.24. The van der Waals surface area contributed by atoms with Gasteiger partial charge in [0, 0.05) is 18.1 Å². The molecule has 0 amide bonds. The predicted molar refractivity (Wildman–Crippen MR) is 121 cm³/mol. The summed E-state index contributed by atoms with van der Waals surface area (Å²) in [6.45, 7) is 2.66. The average molecular weight is 402 g/mol. The van der Waals surface area contributed by atoms with Crippen molar-refractivity contribution in [1.82, 2.24) is 9.97 Å². The number of anilines is 2. The molecule has 0 fully saturated rings. The summed E-state index contributed by atoms with van der Waals surface area (Å²) >= 11 is 6.24. The van der Waals surface area contributed by atoms with E-state index in [9.17, 15) is 0 Å². The zero-order valence-electron chi connectivity index (χ0n) is 15.9. The van der Waals surface area contributed by atoms with Crippen LogP contribution >= 0.6 is 11.6 Å². The highest BCUT2D eigenvalue weighted by molar-refractivity contribution is 6.33. The molecule has 2 aromatic carbocycles. The monoisotopic (exact) mass is 401 g/mol. The number of nitrogens with one attached hydrogen (secondary N) is 2. The van der Waals surface area contributed by atoms with Crippen LogP contribution in [-0.2, 0) is 6.54 Å². The zero-order chi connectivity index (χ0) is 20.1. The molecular formula is C23H20ClN5. The molecule has 2 N–H and O–H groups in total. The Morgan fingerprint density at radius 3 is 2.72 bits per heavy atom. The van der Waals surface area contributed by atoms with Gasteiger partial charge in [-0.2, -0.15) is 5.10 Å². The fourth-order valence-electron chi connectivity index (χ4n) is 2.95. The van der Waals surface area contributed by atoms with Crippen LogP contribution in [0.3, 0.4) is 0 Å². The molecule has 0 bridgehead atoms. The Hall–Kier alpha value is -3.44. The van der Waals surface area contributed by atoms with Crippen molar-refractivity contribution in [2.45, 2.75) is 13.5 Å². The summed E-state index contributed by atoms with van der Waals surface area (Å²) < 4.78 is 0. The van der Waals surface area contributed by atoms with Crippen molar-refractivity contribution < 1.29 is 0 Å². The van der Waals surface area contributed by atoms with Crippen molar-refractivity contribution in [3.8, 4) is 0 Å². The second kappa shape index (κ2) is 8.71. The number of pyridine rings is 2. The lowest BCUT2D eigenvalue weighted by atomic mass is 10.1. The van der Waals surface area contributed by atoms with Gasteiger partial charge in [-0.15, -0.1) is 0 Å². The number of rotatable bonds is 6. The Kier molecular flexibility index (Phi) is 5.68. The number of benzene rings is 2. The normalized spacial score (nSPS) is 11.1. The number of fused-ring (bicyclic) bond motifs is 1. The molecule has 0 aliphatic carbocycles. The summed E-state index contributed by atoms with van der Waals surface area (Å²) in [7, 11) is 0. The van der Waals surface area contributed by atoms with E-state index in [2.05, 4.69) is 33.0 Å². The molecule has 29 heavy (non-hydrogen) atoms. The van der Waals surface area contributed by atoms with Gasteiger partial charge in [0.25, 0.3) is 0 Å². The first-order valence-electron chi connectivity index (χ1n) is 9.28. The highest BCUT2D eigenvalue weighted by Gasteiger charge is 2.05. The minimum absolute atomic E-state index is 0.522. The first-order valence-corrected chi connectivity index (χ1v) is 9.66. The number of hydrogen-bond donors (Lipinski definition) is 2. The molecule has 0 saturated heterocycles. The van der Waals surface area contributed by atoms with E-state index in [1.54, 1.807) is 12.4 Å². The topological polar surface area (TPSA) is 62.2 Å². The molecule has 0 unspecified atom stereocenters. The van der Waals surface area contributed by atoms with Crippen LogP contribution in [0.1, 0.15) is 16.8 Å². The van der Waals surface area contributed by atoms with Crippen molar-refractivity contribution in [2.75, 3.05) is 10.7 Å². The van der Waals surface area contributed by atoms with Gasteiger partial charge in [0.05, 0.1) is 28.1 Å². The van der Waals surface area contributed by atoms with Gasteiger partial charge in [0.2, 0.25) is 0 Å². The van der Waals surface area contributed by atoms with Crippen LogP contribution in [0.25, 0.3) is 10.9 Å². The van der Waals surface area contributed by atoms with Gasteiger partial charge < -0.3 is 5.32 Å². The summed E-state index contributed by atoms with van der Waals surface area (Å²) in [6, 6.07) is 22.2. The standard InChI is InChI=1S/C23H20ClN5/c1-16-12-13-25-23(21(16)24)29-27-15-19-11-10-18-8-5-9-20(22(18)28-19)26-14-17-6-3-2-4-7-17/h2-13,15,26H,14H2,1H3,(H,25,29)/b27-15+. The molecule has 0 aliphatic heterocycles. The van der Waals surface area contributed by atoms with Gasteiger partial charge in [-0.05, 0) is 36.2 Å². The quantitative estimate of drug-likeness (QED) is 0.323. The zero-order valence-corrected chi connectivity index (χ0v) is 16.7. The highest BCUT2D eigenvalue weighted by atomic mass is 35.5.